The Kier molecular flexibility index (Phi) is 2.47. The molecule has 1 aromatic rings. The molecule has 0 saturated heterocycles. The van der Waals surface area contributed by atoms with Crippen molar-refractivity contribution in [3.63, 3.8) is 0 Å². The quantitative estimate of drug-likeness (QED) is 0.711. The Morgan fingerprint density at radius 2 is 1.73 bits per heavy atom. The second-order valence-electron chi connectivity index (χ2n) is 2.86. The first-order valence-electron chi connectivity index (χ1n) is 4.02. The lowest BCUT2D eigenvalue weighted by Gasteiger charge is -2.18. The van der Waals surface area contributed by atoms with Crippen molar-refractivity contribution >= 4 is 19.7 Å². The minimum absolute atomic E-state index is 0.182. The van der Waals surface area contributed by atoms with Gasteiger partial charge in [-0.1, -0.05) is 0 Å². The first-order chi connectivity index (χ1) is 6.98. The van der Waals surface area contributed by atoms with Gasteiger partial charge in [-0.2, -0.15) is 0 Å². The maximum atomic E-state index is 13.3. The predicted octanol–water partition coefficient (Wildman–Crippen LogP) is 1.52. The highest BCUT2D eigenvalue weighted by atomic mass is 35.7. The number of hydrogen-bond acceptors (Lipinski definition) is 4. The molecule has 2 rings (SSSR count). The minimum atomic E-state index is -4.11. The standard InChI is InChI=1S/C8H6ClFO4S/c9-15(11,12)8-4-7-6(3-5(8)10)13-1-2-14-7/h3-4H,1-2H2. The van der Waals surface area contributed by atoms with E-state index in [2.05, 4.69) is 0 Å². The maximum Gasteiger partial charge on any atom is 0.264 e. The van der Waals surface area contributed by atoms with Crippen molar-refractivity contribution in [2.75, 3.05) is 13.2 Å². The third-order valence-corrected chi connectivity index (χ3v) is 3.20. The van der Waals surface area contributed by atoms with Crippen LogP contribution in [0.5, 0.6) is 11.5 Å². The van der Waals surface area contributed by atoms with E-state index in [-0.39, 0.29) is 11.5 Å². The van der Waals surface area contributed by atoms with Gasteiger partial charge in [-0.05, 0) is 0 Å². The van der Waals surface area contributed by atoms with Crippen molar-refractivity contribution in [3.8, 4) is 11.5 Å². The van der Waals surface area contributed by atoms with Gasteiger partial charge in [-0.3, -0.25) is 0 Å². The number of halogens is 2. The summed E-state index contributed by atoms with van der Waals surface area (Å²) >= 11 is 0. The van der Waals surface area contributed by atoms with E-state index in [1.54, 1.807) is 0 Å². The molecule has 1 heterocycles. The van der Waals surface area contributed by atoms with Gasteiger partial charge in [-0.25, -0.2) is 12.8 Å². The molecule has 0 amide bonds. The molecule has 0 bridgehead atoms. The highest BCUT2D eigenvalue weighted by Gasteiger charge is 2.22. The maximum absolute atomic E-state index is 13.3. The first-order valence-corrected chi connectivity index (χ1v) is 6.33. The topological polar surface area (TPSA) is 52.6 Å². The van der Waals surface area contributed by atoms with Crippen LogP contribution in [0.3, 0.4) is 0 Å². The number of fused-ring (bicyclic) bond motifs is 1. The molecule has 4 nitrogen and oxygen atoms in total. The SMILES string of the molecule is O=S(=O)(Cl)c1cc2c(cc1F)OCCO2. The van der Waals surface area contributed by atoms with Crippen LogP contribution in [-0.4, -0.2) is 21.6 Å². The van der Waals surface area contributed by atoms with Crippen LogP contribution in [0.15, 0.2) is 17.0 Å². The Hall–Kier alpha value is -1.01. The highest BCUT2D eigenvalue weighted by molar-refractivity contribution is 8.13. The van der Waals surface area contributed by atoms with E-state index < -0.39 is 19.8 Å². The molecular formula is C8H6ClFO4S. The molecule has 0 aromatic heterocycles. The van der Waals surface area contributed by atoms with Gasteiger partial charge < -0.3 is 9.47 Å². The van der Waals surface area contributed by atoms with Crippen molar-refractivity contribution in [1.82, 2.24) is 0 Å². The van der Waals surface area contributed by atoms with Crippen LogP contribution in [0.1, 0.15) is 0 Å². The van der Waals surface area contributed by atoms with Gasteiger partial charge in [0.15, 0.2) is 11.5 Å². The fourth-order valence-electron chi connectivity index (χ4n) is 1.23. The Balaban J connectivity index is 2.60. The summed E-state index contributed by atoms with van der Waals surface area (Å²) in [5.74, 6) is -0.584. The van der Waals surface area contributed by atoms with Crippen molar-refractivity contribution in [3.05, 3.63) is 17.9 Å². The molecule has 0 spiro atoms. The van der Waals surface area contributed by atoms with E-state index in [4.69, 9.17) is 20.2 Å². The van der Waals surface area contributed by atoms with Gasteiger partial charge in [0.05, 0.1) is 0 Å². The van der Waals surface area contributed by atoms with E-state index in [0.717, 1.165) is 12.1 Å². The fourth-order valence-corrected chi connectivity index (χ4v) is 2.13. The van der Waals surface area contributed by atoms with Crippen LogP contribution in [0.25, 0.3) is 0 Å². The average molecular weight is 253 g/mol. The number of hydrogen-bond donors (Lipinski definition) is 0. The molecule has 82 valence electrons. The summed E-state index contributed by atoms with van der Waals surface area (Å²) in [6, 6.07) is 1.97. The van der Waals surface area contributed by atoms with Crippen molar-refractivity contribution in [2.45, 2.75) is 4.90 Å². The summed E-state index contributed by atoms with van der Waals surface area (Å²) in [5, 5.41) is 0. The van der Waals surface area contributed by atoms with E-state index in [1.807, 2.05) is 0 Å². The molecule has 0 radical (unpaired) electrons. The molecule has 1 aliphatic heterocycles. The normalized spacial score (nSPS) is 15.1. The largest absolute Gasteiger partial charge is 0.486 e. The molecule has 1 aromatic carbocycles. The molecule has 0 fully saturated rings. The minimum Gasteiger partial charge on any atom is -0.486 e. The Morgan fingerprint density at radius 3 is 2.27 bits per heavy atom. The summed E-state index contributed by atoms with van der Waals surface area (Å²) < 4.78 is 45.4. The monoisotopic (exact) mass is 252 g/mol. The van der Waals surface area contributed by atoms with Gasteiger partial charge >= 0.3 is 0 Å². The van der Waals surface area contributed by atoms with E-state index in [1.165, 1.54) is 0 Å². The molecule has 0 unspecified atom stereocenters. The molecule has 1 aliphatic rings. The molecule has 0 N–H and O–H groups in total. The zero-order valence-corrected chi connectivity index (χ0v) is 8.94. The zero-order chi connectivity index (χ0) is 11.1. The Morgan fingerprint density at radius 1 is 1.20 bits per heavy atom. The van der Waals surface area contributed by atoms with Crippen LogP contribution in [-0.2, 0) is 9.05 Å². The molecular weight excluding hydrogens is 247 g/mol. The van der Waals surface area contributed by atoms with E-state index >= 15 is 0 Å². The highest BCUT2D eigenvalue weighted by Crippen LogP contribution is 2.35. The molecule has 15 heavy (non-hydrogen) atoms. The van der Waals surface area contributed by atoms with Gasteiger partial charge in [0.2, 0.25) is 0 Å². The summed E-state index contributed by atoms with van der Waals surface area (Å²) in [7, 11) is 0.937. The zero-order valence-electron chi connectivity index (χ0n) is 7.37. The second kappa shape index (κ2) is 3.53. The fraction of sp³-hybridized carbons (Fsp3) is 0.250. The summed E-state index contributed by atoms with van der Waals surface area (Å²) in [6.45, 7) is 0.597. The van der Waals surface area contributed by atoms with Crippen molar-refractivity contribution < 1.29 is 22.3 Å². The van der Waals surface area contributed by atoms with Crippen LogP contribution in [0.2, 0.25) is 0 Å². The third-order valence-electron chi connectivity index (χ3n) is 1.86. The number of rotatable bonds is 1. The average Bonchev–Trinajstić information content (AvgIpc) is 2.15. The lowest BCUT2D eigenvalue weighted by Crippen LogP contribution is -2.16. The summed E-state index contributed by atoms with van der Waals surface area (Å²) in [6.07, 6.45) is 0. The van der Waals surface area contributed by atoms with Crippen LogP contribution in [0.4, 0.5) is 4.39 Å². The van der Waals surface area contributed by atoms with Gasteiger partial charge in [0.1, 0.15) is 23.9 Å². The predicted molar refractivity (Wildman–Crippen MR) is 50.4 cm³/mol. The van der Waals surface area contributed by atoms with Crippen LogP contribution < -0.4 is 9.47 Å². The number of ether oxygens (including phenoxy) is 2. The van der Waals surface area contributed by atoms with E-state index in [9.17, 15) is 12.8 Å². The summed E-state index contributed by atoms with van der Waals surface area (Å²) in [5.41, 5.74) is 0. The lowest BCUT2D eigenvalue weighted by molar-refractivity contribution is 0.170. The van der Waals surface area contributed by atoms with Crippen molar-refractivity contribution in [2.24, 2.45) is 0 Å². The van der Waals surface area contributed by atoms with Crippen molar-refractivity contribution in [1.29, 1.82) is 0 Å². The second-order valence-corrected chi connectivity index (χ2v) is 5.40. The lowest BCUT2D eigenvalue weighted by atomic mass is 10.3. The van der Waals surface area contributed by atoms with Crippen LogP contribution >= 0.6 is 10.7 Å². The molecule has 0 aliphatic carbocycles. The Labute approximate surface area is 90.0 Å². The number of benzene rings is 1. The van der Waals surface area contributed by atoms with Crippen LogP contribution in [0, 0.1) is 5.82 Å². The molecule has 0 atom stereocenters. The smallest absolute Gasteiger partial charge is 0.264 e. The Bertz CT molecular complexity index is 500. The first kappa shape index (κ1) is 10.5. The molecule has 7 heteroatoms. The van der Waals surface area contributed by atoms with Gasteiger partial charge in [0, 0.05) is 22.8 Å². The van der Waals surface area contributed by atoms with Gasteiger partial charge in [0.25, 0.3) is 9.05 Å². The summed E-state index contributed by atoms with van der Waals surface area (Å²) in [4.78, 5) is -0.603. The third kappa shape index (κ3) is 2.00. The van der Waals surface area contributed by atoms with E-state index in [0.29, 0.717) is 13.2 Å². The van der Waals surface area contributed by atoms with Gasteiger partial charge in [-0.15, -0.1) is 0 Å². The molecule has 0 saturated carbocycles.